The first-order valence-corrected chi connectivity index (χ1v) is 9.13. The number of fused-ring (bicyclic) bond motifs is 2. The fourth-order valence-corrected chi connectivity index (χ4v) is 4.80. The number of para-hydroxylation sites is 1. The van der Waals surface area contributed by atoms with Crippen LogP contribution in [-0.2, 0) is 6.54 Å². The zero-order valence-electron chi connectivity index (χ0n) is 14.8. The molecule has 0 radical (unpaired) electrons. The van der Waals surface area contributed by atoms with Gasteiger partial charge in [-0.3, -0.25) is 4.90 Å². The molecule has 1 aromatic carbocycles. The van der Waals surface area contributed by atoms with E-state index < -0.39 is 0 Å². The number of likely N-dealkylation sites (tertiary alicyclic amines) is 2. The van der Waals surface area contributed by atoms with E-state index in [1.807, 2.05) is 12.1 Å². The summed E-state index contributed by atoms with van der Waals surface area (Å²) in [6.45, 7) is 6.56. The molecule has 2 aromatic rings. The molecule has 3 heterocycles. The summed E-state index contributed by atoms with van der Waals surface area (Å²) in [7, 11) is 2.21. The normalized spacial score (nSPS) is 29.0. The standard InChI is InChI=1S/C20H28N2O2/c1-15-16-6-3-4-7-17(16)24-18(15)12-22-11-9-20(14-23)8-5-10-21(2)19(20)13-22/h3-4,6-7,19,23H,5,8-14H2,1-2H3/t19-,20-/m1/s1. The highest BCUT2D eigenvalue weighted by molar-refractivity contribution is 5.81. The minimum absolute atomic E-state index is 0.104. The van der Waals surface area contributed by atoms with E-state index in [4.69, 9.17) is 4.42 Å². The van der Waals surface area contributed by atoms with E-state index in [0.29, 0.717) is 12.6 Å². The molecule has 4 rings (SSSR count). The Morgan fingerprint density at radius 2 is 2.08 bits per heavy atom. The summed E-state index contributed by atoms with van der Waals surface area (Å²) in [5, 5.41) is 11.3. The molecule has 0 unspecified atom stereocenters. The zero-order valence-corrected chi connectivity index (χ0v) is 14.8. The average Bonchev–Trinajstić information content (AvgIpc) is 2.92. The second kappa shape index (κ2) is 6.17. The van der Waals surface area contributed by atoms with Crippen molar-refractivity contribution in [2.75, 3.05) is 33.3 Å². The van der Waals surface area contributed by atoms with Crippen LogP contribution in [0.2, 0.25) is 0 Å². The Balaban J connectivity index is 1.54. The average molecular weight is 328 g/mol. The number of aryl methyl sites for hydroxylation is 1. The lowest BCUT2D eigenvalue weighted by Crippen LogP contribution is -2.61. The van der Waals surface area contributed by atoms with Gasteiger partial charge in [-0.25, -0.2) is 0 Å². The van der Waals surface area contributed by atoms with E-state index in [1.54, 1.807) is 0 Å². The maximum atomic E-state index is 10.0. The molecule has 2 fully saturated rings. The molecular weight excluding hydrogens is 300 g/mol. The summed E-state index contributed by atoms with van der Waals surface area (Å²) >= 11 is 0. The van der Waals surface area contributed by atoms with Crippen molar-refractivity contribution < 1.29 is 9.52 Å². The molecule has 0 spiro atoms. The van der Waals surface area contributed by atoms with Gasteiger partial charge in [0.25, 0.3) is 0 Å². The van der Waals surface area contributed by atoms with Crippen molar-refractivity contribution in [1.29, 1.82) is 0 Å². The van der Waals surface area contributed by atoms with Crippen molar-refractivity contribution >= 4 is 11.0 Å². The lowest BCUT2D eigenvalue weighted by Gasteiger charge is -2.53. The van der Waals surface area contributed by atoms with Gasteiger partial charge in [-0.15, -0.1) is 0 Å². The van der Waals surface area contributed by atoms with Gasteiger partial charge in [0.05, 0.1) is 13.2 Å². The second-order valence-corrected chi connectivity index (χ2v) is 7.75. The molecule has 4 heteroatoms. The number of aliphatic hydroxyl groups is 1. The van der Waals surface area contributed by atoms with Gasteiger partial charge >= 0.3 is 0 Å². The summed E-state index contributed by atoms with van der Waals surface area (Å²) in [6.07, 6.45) is 3.45. The van der Waals surface area contributed by atoms with Gasteiger partial charge in [0.2, 0.25) is 0 Å². The molecule has 0 bridgehead atoms. The Morgan fingerprint density at radius 1 is 1.25 bits per heavy atom. The van der Waals surface area contributed by atoms with Crippen LogP contribution in [0.5, 0.6) is 0 Å². The van der Waals surface area contributed by atoms with Crippen LogP contribution in [0.15, 0.2) is 28.7 Å². The predicted molar refractivity (Wildman–Crippen MR) is 96.0 cm³/mol. The van der Waals surface area contributed by atoms with E-state index in [1.165, 1.54) is 17.4 Å². The SMILES string of the molecule is Cc1c(CN2CC[C@@]3(CO)CCCN(C)[C@@H]3C2)oc2ccccc12. The highest BCUT2D eigenvalue weighted by Gasteiger charge is 2.46. The molecular formula is C20H28N2O2. The van der Waals surface area contributed by atoms with Crippen molar-refractivity contribution in [3.8, 4) is 0 Å². The van der Waals surface area contributed by atoms with Crippen molar-refractivity contribution in [3.05, 3.63) is 35.6 Å². The summed E-state index contributed by atoms with van der Waals surface area (Å²) in [5.41, 5.74) is 2.36. The van der Waals surface area contributed by atoms with Crippen LogP contribution in [0.3, 0.4) is 0 Å². The van der Waals surface area contributed by atoms with E-state index in [2.05, 4.69) is 35.9 Å². The molecule has 2 aliphatic rings. The Labute approximate surface area is 144 Å². The molecule has 2 saturated heterocycles. The number of piperidine rings is 2. The molecule has 0 saturated carbocycles. The summed E-state index contributed by atoms with van der Waals surface area (Å²) in [4.78, 5) is 4.96. The van der Waals surface area contributed by atoms with E-state index in [0.717, 1.165) is 50.4 Å². The Bertz CT molecular complexity index is 725. The van der Waals surface area contributed by atoms with Crippen LogP contribution in [0.4, 0.5) is 0 Å². The van der Waals surface area contributed by atoms with Crippen molar-refractivity contribution in [3.63, 3.8) is 0 Å². The van der Waals surface area contributed by atoms with Gasteiger partial charge in [0.1, 0.15) is 11.3 Å². The minimum atomic E-state index is 0.104. The number of furan rings is 1. The smallest absolute Gasteiger partial charge is 0.134 e. The number of nitrogens with zero attached hydrogens (tertiary/aromatic N) is 2. The molecule has 0 aliphatic carbocycles. The highest BCUT2D eigenvalue weighted by atomic mass is 16.3. The second-order valence-electron chi connectivity index (χ2n) is 7.75. The largest absolute Gasteiger partial charge is 0.459 e. The molecule has 1 N–H and O–H groups in total. The zero-order chi connectivity index (χ0) is 16.7. The fraction of sp³-hybridized carbons (Fsp3) is 0.600. The van der Waals surface area contributed by atoms with Crippen LogP contribution >= 0.6 is 0 Å². The summed E-state index contributed by atoms with van der Waals surface area (Å²) in [6, 6.07) is 8.74. The molecule has 2 atom stereocenters. The quantitative estimate of drug-likeness (QED) is 0.940. The third-order valence-corrected chi connectivity index (χ3v) is 6.41. The maximum Gasteiger partial charge on any atom is 0.134 e. The van der Waals surface area contributed by atoms with Crippen LogP contribution in [0, 0.1) is 12.3 Å². The number of aliphatic hydroxyl groups excluding tert-OH is 1. The first kappa shape index (κ1) is 16.1. The van der Waals surface area contributed by atoms with Crippen LogP contribution in [0.1, 0.15) is 30.6 Å². The number of benzene rings is 1. The van der Waals surface area contributed by atoms with Gasteiger partial charge < -0.3 is 14.4 Å². The molecule has 4 nitrogen and oxygen atoms in total. The first-order valence-electron chi connectivity index (χ1n) is 9.13. The van der Waals surface area contributed by atoms with E-state index in [9.17, 15) is 5.11 Å². The fourth-order valence-electron chi connectivity index (χ4n) is 4.80. The molecule has 1 aromatic heterocycles. The van der Waals surface area contributed by atoms with Gasteiger partial charge in [0.15, 0.2) is 0 Å². The first-order chi connectivity index (χ1) is 11.6. The van der Waals surface area contributed by atoms with Crippen LogP contribution in [-0.4, -0.2) is 54.2 Å². The Morgan fingerprint density at radius 3 is 2.88 bits per heavy atom. The number of hydrogen-bond acceptors (Lipinski definition) is 4. The number of rotatable bonds is 3. The third kappa shape index (κ3) is 2.57. The predicted octanol–water partition coefficient (Wildman–Crippen LogP) is 3.02. The van der Waals surface area contributed by atoms with Gasteiger partial charge in [0, 0.05) is 23.4 Å². The molecule has 130 valence electrons. The Hall–Kier alpha value is -1.36. The van der Waals surface area contributed by atoms with Crippen LogP contribution in [0.25, 0.3) is 11.0 Å². The monoisotopic (exact) mass is 328 g/mol. The molecule has 2 aliphatic heterocycles. The van der Waals surface area contributed by atoms with Gasteiger partial charge in [-0.05, 0) is 58.0 Å². The Kier molecular flexibility index (Phi) is 4.15. The number of hydrogen-bond donors (Lipinski definition) is 1. The number of likely N-dealkylation sites (N-methyl/N-ethyl adjacent to an activating group) is 1. The van der Waals surface area contributed by atoms with E-state index >= 15 is 0 Å². The lowest BCUT2D eigenvalue weighted by atomic mass is 9.69. The third-order valence-electron chi connectivity index (χ3n) is 6.41. The van der Waals surface area contributed by atoms with Crippen molar-refractivity contribution in [1.82, 2.24) is 9.80 Å². The molecule has 0 amide bonds. The maximum absolute atomic E-state index is 10.0. The van der Waals surface area contributed by atoms with Gasteiger partial charge in [-0.1, -0.05) is 18.2 Å². The van der Waals surface area contributed by atoms with E-state index in [-0.39, 0.29) is 5.41 Å². The summed E-state index contributed by atoms with van der Waals surface area (Å²) in [5.74, 6) is 1.09. The lowest BCUT2D eigenvalue weighted by molar-refractivity contribution is -0.0694. The van der Waals surface area contributed by atoms with Crippen LogP contribution < -0.4 is 0 Å². The molecule has 24 heavy (non-hydrogen) atoms. The van der Waals surface area contributed by atoms with Gasteiger partial charge in [-0.2, -0.15) is 0 Å². The van der Waals surface area contributed by atoms with Crippen molar-refractivity contribution in [2.24, 2.45) is 5.41 Å². The minimum Gasteiger partial charge on any atom is -0.459 e. The highest BCUT2D eigenvalue weighted by Crippen LogP contribution is 2.42. The van der Waals surface area contributed by atoms with Crippen molar-refractivity contribution in [2.45, 2.75) is 38.8 Å². The topological polar surface area (TPSA) is 39.9 Å². The summed E-state index contributed by atoms with van der Waals surface area (Å²) < 4.78 is 6.11.